The van der Waals surface area contributed by atoms with Crippen LogP contribution in [0.5, 0.6) is 0 Å². The van der Waals surface area contributed by atoms with Crippen LogP contribution in [0, 0.1) is 0 Å². The van der Waals surface area contributed by atoms with Crippen molar-refractivity contribution in [3.63, 3.8) is 0 Å². The van der Waals surface area contributed by atoms with Crippen LogP contribution in [0.3, 0.4) is 0 Å². The minimum absolute atomic E-state index is 0. The van der Waals surface area contributed by atoms with Gasteiger partial charge >= 0.3 is 29.3 Å². The van der Waals surface area contributed by atoms with Crippen molar-refractivity contribution in [1.29, 1.82) is 0 Å². The summed E-state index contributed by atoms with van der Waals surface area (Å²) in [7, 11) is -4.27. The maximum atomic E-state index is 9.96. The van der Waals surface area contributed by atoms with Crippen LogP contribution >= 0.6 is 0 Å². The van der Waals surface area contributed by atoms with Crippen molar-refractivity contribution in [3.8, 4) is 0 Å². The van der Waals surface area contributed by atoms with Gasteiger partial charge in [0.15, 0.2) is 0 Å². The molecular weight excluding hydrogens is 179 g/mol. The maximum absolute atomic E-state index is 9.96. The zero-order valence-electron chi connectivity index (χ0n) is 8.32. The van der Waals surface area contributed by atoms with Crippen molar-refractivity contribution >= 4 is 10.4 Å². The zero-order valence-corrected chi connectivity index (χ0v) is 8.13. The molecule has 1 N–H and O–H groups in total. The SMILES string of the molecule is CCOCCCOS(=O)(=O)O.[H-].[Li+]. The third-order valence-electron chi connectivity index (χ3n) is 0.869. The van der Waals surface area contributed by atoms with Crippen LogP contribution < -0.4 is 18.9 Å². The first-order valence-electron chi connectivity index (χ1n) is 3.26. The summed E-state index contributed by atoms with van der Waals surface area (Å²) in [5.74, 6) is 0. The van der Waals surface area contributed by atoms with E-state index in [1.54, 1.807) is 0 Å². The van der Waals surface area contributed by atoms with Crippen molar-refractivity contribution in [2.24, 2.45) is 0 Å². The molecule has 0 aromatic rings. The van der Waals surface area contributed by atoms with Crippen molar-refractivity contribution in [3.05, 3.63) is 0 Å². The number of rotatable bonds is 6. The summed E-state index contributed by atoms with van der Waals surface area (Å²) in [5.41, 5.74) is 0. The number of hydrogen-bond acceptors (Lipinski definition) is 4. The molecule has 0 rings (SSSR count). The quantitative estimate of drug-likeness (QED) is 0.283. The molecule has 0 saturated heterocycles. The Morgan fingerprint density at radius 3 is 2.42 bits per heavy atom. The molecule has 0 fully saturated rings. The van der Waals surface area contributed by atoms with Crippen LogP contribution in [0.25, 0.3) is 0 Å². The molecule has 5 nitrogen and oxygen atoms in total. The van der Waals surface area contributed by atoms with Gasteiger partial charge in [-0.2, -0.15) is 8.42 Å². The predicted molar refractivity (Wildman–Crippen MR) is 39.7 cm³/mol. The molecule has 0 aliphatic rings. The van der Waals surface area contributed by atoms with E-state index in [-0.39, 0.29) is 26.9 Å². The van der Waals surface area contributed by atoms with E-state index in [1.165, 1.54) is 0 Å². The first-order valence-corrected chi connectivity index (χ1v) is 4.62. The van der Waals surface area contributed by atoms with E-state index >= 15 is 0 Å². The predicted octanol–water partition coefficient (Wildman–Crippen LogP) is -2.65. The van der Waals surface area contributed by atoms with E-state index in [2.05, 4.69) is 4.18 Å². The Bertz CT molecular complexity index is 183. The van der Waals surface area contributed by atoms with E-state index in [9.17, 15) is 8.42 Å². The molecule has 0 aromatic carbocycles. The fourth-order valence-electron chi connectivity index (χ4n) is 0.470. The van der Waals surface area contributed by atoms with Gasteiger partial charge in [-0.15, -0.1) is 0 Å². The molecule has 0 aliphatic heterocycles. The molecule has 12 heavy (non-hydrogen) atoms. The van der Waals surface area contributed by atoms with Crippen LogP contribution in [-0.2, 0) is 19.3 Å². The van der Waals surface area contributed by atoms with Gasteiger partial charge in [0.25, 0.3) is 0 Å². The van der Waals surface area contributed by atoms with Crippen molar-refractivity contribution < 1.29 is 42.2 Å². The van der Waals surface area contributed by atoms with E-state index in [1.807, 2.05) is 6.92 Å². The molecule has 0 amide bonds. The largest absolute Gasteiger partial charge is 1.00 e. The summed E-state index contributed by atoms with van der Waals surface area (Å²) in [6, 6.07) is 0. The summed E-state index contributed by atoms with van der Waals surface area (Å²) >= 11 is 0. The fourth-order valence-corrected chi connectivity index (χ4v) is 0.798. The molecule has 0 aliphatic carbocycles. The molecule has 0 spiro atoms. The molecular formula is C5H13LiO5S. The summed E-state index contributed by atoms with van der Waals surface area (Å²) in [6.45, 7) is 2.82. The van der Waals surface area contributed by atoms with E-state index in [4.69, 9.17) is 9.29 Å². The Labute approximate surface area is 86.0 Å². The average Bonchev–Trinajstić information content (AvgIpc) is 1.85. The summed E-state index contributed by atoms with van der Waals surface area (Å²) in [4.78, 5) is 0. The molecule has 0 radical (unpaired) electrons. The van der Waals surface area contributed by atoms with E-state index < -0.39 is 10.4 Å². The average molecular weight is 192 g/mol. The molecule has 0 heterocycles. The van der Waals surface area contributed by atoms with E-state index in [0.29, 0.717) is 19.6 Å². The summed E-state index contributed by atoms with van der Waals surface area (Å²) in [5, 5.41) is 0. The first kappa shape index (κ1) is 14.9. The van der Waals surface area contributed by atoms with Crippen molar-refractivity contribution in [2.75, 3.05) is 19.8 Å². The molecule has 70 valence electrons. The standard InChI is InChI=1S/C5H12O5S.Li.H/c1-2-9-4-3-5-10-11(6,7)8;;/h2-5H2,1H3,(H,6,7,8);;/q;+1;-1. The fraction of sp³-hybridized carbons (Fsp3) is 1.00. The molecule has 7 heteroatoms. The van der Waals surface area contributed by atoms with Gasteiger partial charge in [-0.25, -0.2) is 4.18 Å². The van der Waals surface area contributed by atoms with Crippen LogP contribution in [0.15, 0.2) is 0 Å². The summed E-state index contributed by atoms with van der Waals surface area (Å²) in [6.07, 6.45) is 0.452. The molecule has 0 aromatic heterocycles. The Morgan fingerprint density at radius 1 is 1.42 bits per heavy atom. The second-order valence-electron chi connectivity index (χ2n) is 1.80. The van der Waals surface area contributed by atoms with Crippen LogP contribution in [0.4, 0.5) is 0 Å². The Balaban J connectivity index is -0.000000500. The molecule has 0 atom stereocenters. The van der Waals surface area contributed by atoms with Gasteiger partial charge in [-0.1, -0.05) is 0 Å². The van der Waals surface area contributed by atoms with Gasteiger partial charge in [0, 0.05) is 13.2 Å². The summed E-state index contributed by atoms with van der Waals surface area (Å²) < 4.78 is 36.9. The third-order valence-corrected chi connectivity index (χ3v) is 1.33. The second kappa shape index (κ2) is 8.05. The van der Waals surface area contributed by atoms with Crippen LogP contribution in [-0.4, -0.2) is 32.8 Å². The normalized spacial score (nSPS) is 10.8. The molecule has 0 bridgehead atoms. The Hall–Kier alpha value is 0.427. The minimum Gasteiger partial charge on any atom is -1.00 e. The van der Waals surface area contributed by atoms with Gasteiger partial charge < -0.3 is 6.16 Å². The van der Waals surface area contributed by atoms with E-state index in [0.717, 1.165) is 0 Å². The molecule has 0 unspecified atom stereocenters. The Morgan fingerprint density at radius 2 is 2.00 bits per heavy atom. The first-order chi connectivity index (χ1) is 5.06. The Kier molecular flexibility index (Phi) is 10.0. The topological polar surface area (TPSA) is 72.8 Å². The number of ether oxygens (including phenoxy) is 1. The van der Waals surface area contributed by atoms with Crippen LogP contribution in [0.2, 0.25) is 0 Å². The second-order valence-corrected chi connectivity index (χ2v) is 2.89. The van der Waals surface area contributed by atoms with Crippen molar-refractivity contribution in [2.45, 2.75) is 13.3 Å². The zero-order chi connectivity index (χ0) is 8.74. The van der Waals surface area contributed by atoms with Gasteiger partial charge in [0.1, 0.15) is 0 Å². The van der Waals surface area contributed by atoms with Gasteiger partial charge in [0.05, 0.1) is 6.61 Å². The monoisotopic (exact) mass is 192 g/mol. The van der Waals surface area contributed by atoms with Gasteiger partial charge in [-0.05, 0) is 13.3 Å². The molecule has 0 saturated carbocycles. The van der Waals surface area contributed by atoms with Crippen molar-refractivity contribution in [1.82, 2.24) is 0 Å². The smallest absolute Gasteiger partial charge is 1.00 e. The van der Waals surface area contributed by atoms with Gasteiger partial charge in [-0.3, -0.25) is 4.55 Å². The minimum atomic E-state index is -4.27. The number of hydrogen-bond donors (Lipinski definition) is 1. The van der Waals surface area contributed by atoms with Crippen LogP contribution in [0.1, 0.15) is 14.8 Å². The maximum Gasteiger partial charge on any atom is 1.00 e. The van der Waals surface area contributed by atoms with Gasteiger partial charge in [0.2, 0.25) is 0 Å². The third kappa shape index (κ3) is 13.0.